The Hall–Kier alpha value is -2.08. The van der Waals surface area contributed by atoms with Gasteiger partial charge in [-0.15, -0.1) is 0 Å². The van der Waals surface area contributed by atoms with Crippen molar-refractivity contribution in [2.24, 2.45) is 0 Å². The predicted molar refractivity (Wildman–Crippen MR) is 77.4 cm³/mol. The van der Waals surface area contributed by atoms with E-state index in [4.69, 9.17) is 0 Å². The number of benzene rings is 2. The molecule has 88 valence electrons. The van der Waals surface area contributed by atoms with Crippen molar-refractivity contribution in [1.29, 1.82) is 0 Å². The quantitative estimate of drug-likeness (QED) is 0.724. The van der Waals surface area contributed by atoms with Gasteiger partial charge in [0.05, 0.1) is 0 Å². The van der Waals surface area contributed by atoms with Gasteiger partial charge in [-0.1, -0.05) is 72.8 Å². The number of allylic oxidation sites excluding steroid dienone is 4. The predicted octanol–water partition coefficient (Wildman–Crippen LogP) is 4.62. The molecule has 0 atom stereocenters. The summed E-state index contributed by atoms with van der Waals surface area (Å²) in [5, 5.41) is 0. The largest absolute Gasteiger partial charge is 0.0801 e. The molecular formula is C18H16. The third-order valence-electron chi connectivity index (χ3n) is 3.35. The van der Waals surface area contributed by atoms with Crippen LogP contribution in [0, 0.1) is 0 Å². The Bertz CT molecular complexity index is 571. The van der Waals surface area contributed by atoms with E-state index < -0.39 is 0 Å². The molecule has 0 spiro atoms. The van der Waals surface area contributed by atoms with Crippen LogP contribution in [0.2, 0.25) is 0 Å². The summed E-state index contributed by atoms with van der Waals surface area (Å²) >= 11 is 0. The van der Waals surface area contributed by atoms with Crippen LogP contribution in [0.1, 0.15) is 23.1 Å². The van der Waals surface area contributed by atoms with Gasteiger partial charge in [0.15, 0.2) is 0 Å². The topological polar surface area (TPSA) is 0 Å². The molecule has 1 aliphatic carbocycles. The van der Waals surface area contributed by atoms with Gasteiger partial charge in [-0.05, 0) is 35.1 Å². The molecule has 0 aliphatic heterocycles. The van der Waals surface area contributed by atoms with Crippen molar-refractivity contribution in [3.8, 4) is 0 Å². The van der Waals surface area contributed by atoms with E-state index >= 15 is 0 Å². The highest BCUT2D eigenvalue weighted by Gasteiger charge is 2.03. The second-order valence-electron chi connectivity index (χ2n) is 4.68. The van der Waals surface area contributed by atoms with E-state index in [1.165, 1.54) is 22.3 Å². The second kappa shape index (κ2) is 5.05. The molecule has 18 heavy (non-hydrogen) atoms. The summed E-state index contributed by atoms with van der Waals surface area (Å²) in [7, 11) is 0. The Morgan fingerprint density at radius 2 is 1.50 bits per heavy atom. The van der Waals surface area contributed by atoms with Crippen molar-refractivity contribution >= 4 is 5.57 Å². The lowest BCUT2D eigenvalue weighted by molar-refractivity contribution is 1.19. The third-order valence-corrected chi connectivity index (χ3v) is 3.35. The Labute approximate surface area is 108 Å². The molecule has 0 heterocycles. The summed E-state index contributed by atoms with van der Waals surface area (Å²) in [4.78, 5) is 0. The highest BCUT2D eigenvalue weighted by Crippen LogP contribution is 2.23. The van der Waals surface area contributed by atoms with Gasteiger partial charge >= 0.3 is 0 Å². The molecule has 0 saturated carbocycles. The highest BCUT2D eigenvalue weighted by molar-refractivity contribution is 5.70. The average Bonchev–Trinajstić information content (AvgIpc) is 2.95. The monoisotopic (exact) mass is 232 g/mol. The fourth-order valence-corrected chi connectivity index (χ4v) is 2.33. The number of hydrogen-bond acceptors (Lipinski definition) is 0. The maximum absolute atomic E-state index is 2.24. The van der Waals surface area contributed by atoms with Crippen LogP contribution >= 0.6 is 0 Å². The standard InChI is InChI=1S/C18H16/c1-2-6-15(7-3-1)14-16-10-12-18(13-11-16)17-8-4-5-9-17/h1-8,10-13H,9,14H2. The fourth-order valence-electron chi connectivity index (χ4n) is 2.33. The molecular weight excluding hydrogens is 216 g/mol. The molecule has 0 saturated heterocycles. The number of rotatable bonds is 3. The maximum atomic E-state index is 2.24. The second-order valence-corrected chi connectivity index (χ2v) is 4.68. The lowest BCUT2D eigenvalue weighted by atomic mass is 10.00. The fraction of sp³-hybridized carbons (Fsp3) is 0.111. The van der Waals surface area contributed by atoms with E-state index in [9.17, 15) is 0 Å². The van der Waals surface area contributed by atoms with Gasteiger partial charge in [-0.3, -0.25) is 0 Å². The Balaban J connectivity index is 1.75. The van der Waals surface area contributed by atoms with E-state index in [1.54, 1.807) is 0 Å². The van der Waals surface area contributed by atoms with Gasteiger partial charge in [0.25, 0.3) is 0 Å². The van der Waals surface area contributed by atoms with Gasteiger partial charge in [0.2, 0.25) is 0 Å². The minimum Gasteiger partial charge on any atom is -0.0801 e. The van der Waals surface area contributed by atoms with Crippen molar-refractivity contribution in [3.05, 3.63) is 89.5 Å². The van der Waals surface area contributed by atoms with Crippen LogP contribution in [-0.4, -0.2) is 0 Å². The molecule has 0 aromatic heterocycles. The van der Waals surface area contributed by atoms with Gasteiger partial charge in [-0.2, -0.15) is 0 Å². The summed E-state index contributed by atoms with van der Waals surface area (Å²) in [5.74, 6) is 0. The minimum atomic E-state index is 1.01. The summed E-state index contributed by atoms with van der Waals surface area (Å²) in [6.45, 7) is 0. The van der Waals surface area contributed by atoms with Crippen molar-refractivity contribution < 1.29 is 0 Å². The zero-order valence-corrected chi connectivity index (χ0v) is 10.3. The molecule has 0 amide bonds. The molecule has 3 rings (SSSR count). The van der Waals surface area contributed by atoms with Crippen LogP contribution in [0.4, 0.5) is 0 Å². The normalized spacial score (nSPS) is 13.7. The van der Waals surface area contributed by atoms with E-state index in [0.717, 1.165) is 12.8 Å². The SMILES string of the molecule is C1=CCC(c2ccc(Cc3ccccc3)cc2)=C1. The minimum absolute atomic E-state index is 1.01. The lowest BCUT2D eigenvalue weighted by Crippen LogP contribution is -1.88. The summed E-state index contributed by atoms with van der Waals surface area (Å²) in [6, 6.07) is 19.6. The van der Waals surface area contributed by atoms with Crippen LogP contribution in [0.25, 0.3) is 5.57 Å². The first-order valence-electron chi connectivity index (χ1n) is 6.41. The van der Waals surface area contributed by atoms with Crippen molar-refractivity contribution in [3.63, 3.8) is 0 Å². The van der Waals surface area contributed by atoms with E-state index in [2.05, 4.69) is 72.8 Å². The molecule has 0 radical (unpaired) electrons. The molecule has 0 fully saturated rings. The summed E-state index contributed by atoms with van der Waals surface area (Å²) in [6.07, 6.45) is 8.61. The van der Waals surface area contributed by atoms with Gasteiger partial charge in [0.1, 0.15) is 0 Å². The van der Waals surface area contributed by atoms with Crippen LogP contribution < -0.4 is 0 Å². The van der Waals surface area contributed by atoms with Gasteiger partial charge < -0.3 is 0 Å². The molecule has 0 bridgehead atoms. The Kier molecular flexibility index (Phi) is 3.10. The first-order valence-corrected chi connectivity index (χ1v) is 6.41. The molecule has 0 nitrogen and oxygen atoms in total. The van der Waals surface area contributed by atoms with Gasteiger partial charge in [-0.25, -0.2) is 0 Å². The zero-order valence-electron chi connectivity index (χ0n) is 10.3. The number of hydrogen-bond donors (Lipinski definition) is 0. The molecule has 2 aromatic carbocycles. The maximum Gasteiger partial charge on any atom is -0.00258 e. The molecule has 2 aromatic rings. The summed E-state index contributed by atoms with van der Waals surface area (Å²) in [5.41, 5.74) is 5.50. The van der Waals surface area contributed by atoms with E-state index in [-0.39, 0.29) is 0 Å². The van der Waals surface area contributed by atoms with Gasteiger partial charge in [0, 0.05) is 0 Å². The van der Waals surface area contributed by atoms with E-state index in [1.807, 2.05) is 0 Å². The Morgan fingerprint density at radius 1 is 0.778 bits per heavy atom. The van der Waals surface area contributed by atoms with Crippen LogP contribution in [0.3, 0.4) is 0 Å². The van der Waals surface area contributed by atoms with Crippen molar-refractivity contribution in [1.82, 2.24) is 0 Å². The lowest BCUT2D eigenvalue weighted by Gasteiger charge is -2.05. The zero-order chi connectivity index (χ0) is 12.2. The highest BCUT2D eigenvalue weighted by atomic mass is 14.1. The van der Waals surface area contributed by atoms with Crippen LogP contribution in [0.5, 0.6) is 0 Å². The van der Waals surface area contributed by atoms with Crippen LogP contribution in [0.15, 0.2) is 72.8 Å². The first kappa shape index (κ1) is 11.0. The average molecular weight is 232 g/mol. The molecule has 1 aliphatic rings. The molecule has 0 heteroatoms. The molecule has 0 unspecified atom stereocenters. The smallest absolute Gasteiger partial charge is 0.00258 e. The third kappa shape index (κ3) is 2.43. The molecule has 0 N–H and O–H groups in total. The van der Waals surface area contributed by atoms with Crippen molar-refractivity contribution in [2.45, 2.75) is 12.8 Å². The van der Waals surface area contributed by atoms with Crippen LogP contribution in [-0.2, 0) is 6.42 Å². The summed E-state index contributed by atoms with van der Waals surface area (Å²) < 4.78 is 0. The van der Waals surface area contributed by atoms with Crippen molar-refractivity contribution in [2.75, 3.05) is 0 Å². The Morgan fingerprint density at radius 3 is 2.17 bits per heavy atom. The van der Waals surface area contributed by atoms with E-state index in [0.29, 0.717) is 0 Å². The first-order chi connectivity index (χ1) is 8.92.